The van der Waals surface area contributed by atoms with Crippen LogP contribution in [0.1, 0.15) is 15.9 Å². The van der Waals surface area contributed by atoms with Crippen molar-refractivity contribution in [3.05, 3.63) is 72.2 Å². The van der Waals surface area contributed by atoms with E-state index in [9.17, 15) is 4.79 Å². The number of amides is 1. The minimum Gasteiger partial charge on any atom is -0.472 e. The second-order valence-electron chi connectivity index (χ2n) is 4.66. The molecular weight excluding hydrogens is 250 g/mol. The summed E-state index contributed by atoms with van der Waals surface area (Å²) in [6.07, 6.45) is 4.11. The number of rotatable bonds is 4. The van der Waals surface area contributed by atoms with Gasteiger partial charge in [0.05, 0.1) is 12.5 Å². The van der Waals surface area contributed by atoms with Gasteiger partial charge in [-0.15, -0.1) is 0 Å². The second-order valence-corrected chi connectivity index (χ2v) is 4.66. The quantitative estimate of drug-likeness (QED) is 0.785. The summed E-state index contributed by atoms with van der Waals surface area (Å²) in [5, 5.41) is 5.01. The van der Waals surface area contributed by atoms with Crippen LogP contribution in [0.5, 0.6) is 0 Å². The number of nitrogens with one attached hydrogen (secondary N) is 1. The van der Waals surface area contributed by atoms with Gasteiger partial charge in [0.25, 0.3) is 5.91 Å². The van der Waals surface area contributed by atoms with E-state index < -0.39 is 0 Å². The third-order valence-electron chi connectivity index (χ3n) is 3.31. The van der Waals surface area contributed by atoms with Crippen molar-refractivity contribution in [3.63, 3.8) is 0 Å². The molecule has 1 amide bonds. The Kier molecular flexibility index (Phi) is 3.50. The van der Waals surface area contributed by atoms with Gasteiger partial charge in [-0.25, -0.2) is 0 Å². The highest BCUT2D eigenvalue weighted by atomic mass is 16.3. The summed E-state index contributed by atoms with van der Waals surface area (Å²) >= 11 is 0. The van der Waals surface area contributed by atoms with Gasteiger partial charge in [0, 0.05) is 12.1 Å². The Morgan fingerprint density at radius 3 is 2.75 bits per heavy atom. The molecular formula is C17H15NO2. The average molecular weight is 265 g/mol. The Hall–Kier alpha value is -2.55. The van der Waals surface area contributed by atoms with Crippen molar-refractivity contribution in [2.24, 2.45) is 0 Å². The Morgan fingerprint density at radius 2 is 1.90 bits per heavy atom. The molecule has 0 saturated carbocycles. The molecule has 1 heterocycles. The number of carbonyl (C=O) groups is 1. The summed E-state index contributed by atoms with van der Waals surface area (Å²) < 4.78 is 5.00. The summed E-state index contributed by atoms with van der Waals surface area (Å²) in [5.74, 6) is -0.0368. The van der Waals surface area contributed by atoms with Crippen molar-refractivity contribution in [1.82, 2.24) is 5.32 Å². The maximum absolute atomic E-state index is 12.3. The lowest BCUT2D eigenvalue weighted by molar-refractivity contribution is 0.0956. The number of hydrogen-bond donors (Lipinski definition) is 1. The summed E-state index contributed by atoms with van der Waals surface area (Å²) in [4.78, 5) is 12.3. The maximum atomic E-state index is 12.3. The van der Waals surface area contributed by atoms with Crippen molar-refractivity contribution >= 4 is 16.7 Å². The van der Waals surface area contributed by atoms with Crippen LogP contribution in [0.15, 0.2) is 65.5 Å². The first kappa shape index (κ1) is 12.5. The van der Waals surface area contributed by atoms with E-state index in [0.717, 1.165) is 28.3 Å². The van der Waals surface area contributed by atoms with Crippen molar-refractivity contribution in [1.29, 1.82) is 0 Å². The first-order valence-corrected chi connectivity index (χ1v) is 6.61. The molecule has 0 aliphatic carbocycles. The first-order valence-electron chi connectivity index (χ1n) is 6.61. The summed E-state index contributed by atoms with van der Waals surface area (Å²) in [6, 6.07) is 15.6. The Bertz CT molecular complexity index is 711. The van der Waals surface area contributed by atoms with Crippen molar-refractivity contribution in [2.75, 3.05) is 6.54 Å². The third-order valence-corrected chi connectivity index (χ3v) is 3.31. The molecule has 3 aromatic rings. The molecule has 0 saturated heterocycles. The molecule has 1 N–H and O–H groups in total. The molecule has 0 bridgehead atoms. The molecule has 2 aromatic carbocycles. The monoisotopic (exact) mass is 265 g/mol. The van der Waals surface area contributed by atoms with Crippen LogP contribution in [-0.2, 0) is 6.42 Å². The lowest BCUT2D eigenvalue weighted by Gasteiger charge is -2.07. The molecule has 20 heavy (non-hydrogen) atoms. The third kappa shape index (κ3) is 2.57. The van der Waals surface area contributed by atoms with E-state index in [2.05, 4.69) is 5.32 Å². The van der Waals surface area contributed by atoms with Crippen LogP contribution in [0.4, 0.5) is 0 Å². The van der Waals surface area contributed by atoms with Crippen molar-refractivity contribution in [3.8, 4) is 0 Å². The Labute approximate surface area is 117 Å². The van der Waals surface area contributed by atoms with Gasteiger partial charge in [0.2, 0.25) is 0 Å². The number of carbonyl (C=O) groups excluding carboxylic acids is 1. The number of fused-ring (bicyclic) bond motifs is 1. The van der Waals surface area contributed by atoms with Gasteiger partial charge in [-0.1, -0.05) is 36.4 Å². The van der Waals surface area contributed by atoms with E-state index in [-0.39, 0.29) is 5.91 Å². The predicted octanol–water partition coefficient (Wildman–Crippen LogP) is 3.41. The van der Waals surface area contributed by atoms with E-state index in [1.54, 1.807) is 12.5 Å². The zero-order chi connectivity index (χ0) is 13.8. The van der Waals surface area contributed by atoms with Crippen molar-refractivity contribution in [2.45, 2.75) is 6.42 Å². The second kappa shape index (κ2) is 5.61. The SMILES string of the molecule is O=C(NCCc1ccoc1)c1cccc2ccccc12. The Morgan fingerprint density at radius 1 is 1.05 bits per heavy atom. The molecule has 0 aliphatic heterocycles. The number of hydrogen-bond acceptors (Lipinski definition) is 2. The zero-order valence-electron chi connectivity index (χ0n) is 11.0. The molecule has 3 rings (SSSR count). The molecule has 1 aromatic heterocycles. The predicted molar refractivity (Wildman–Crippen MR) is 78.7 cm³/mol. The van der Waals surface area contributed by atoms with Crippen LogP contribution >= 0.6 is 0 Å². The lowest BCUT2D eigenvalue weighted by atomic mass is 10.0. The highest BCUT2D eigenvalue weighted by Gasteiger charge is 2.08. The van der Waals surface area contributed by atoms with Gasteiger partial charge in [0.15, 0.2) is 0 Å². The van der Waals surface area contributed by atoms with Crippen LogP contribution in [-0.4, -0.2) is 12.5 Å². The summed E-state index contributed by atoms with van der Waals surface area (Å²) in [5.41, 5.74) is 1.80. The molecule has 0 unspecified atom stereocenters. The first-order chi connectivity index (χ1) is 9.84. The molecule has 0 radical (unpaired) electrons. The Balaban J connectivity index is 1.72. The minimum absolute atomic E-state index is 0.0368. The fraction of sp³-hybridized carbons (Fsp3) is 0.118. The fourth-order valence-electron chi connectivity index (χ4n) is 2.27. The minimum atomic E-state index is -0.0368. The largest absolute Gasteiger partial charge is 0.472 e. The zero-order valence-corrected chi connectivity index (χ0v) is 11.0. The molecule has 3 nitrogen and oxygen atoms in total. The smallest absolute Gasteiger partial charge is 0.251 e. The fourth-order valence-corrected chi connectivity index (χ4v) is 2.27. The van der Waals surface area contributed by atoms with E-state index in [4.69, 9.17) is 4.42 Å². The van der Waals surface area contributed by atoms with Crippen LogP contribution in [0.25, 0.3) is 10.8 Å². The number of benzene rings is 2. The van der Waals surface area contributed by atoms with Crippen LogP contribution < -0.4 is 5.32 Å². The van der Waals surface area contributed by atoms with Gasteiger partial charge in [-0.05, 0) is 34.9 Å². The van der Waals surface area contributed by atoms with E-state index in [1.807, 2.05) is 48.5 Å². The van der Waals surface area contributed by atoms with E-state index in [0.29, 0.717) is 6.54 Å². The molecule has 0 atom stereocenters. The molecule has 100 valence electrons. The van der Waals surface area contributed by atoms with Gasteiger partial charge >= 0.3 is 0 Å². The van der Waals surface area contributed by atoms with Crippen LogP contribution in [0.2, 0.25) is 0 Å². The maximum Gasteiger partial charge on any atom is 0.251 e. The highest BCUT2D eigenvalue weighted by molar-refractivity contribution is 6.06. The number of furan rings is 1. The molecule has 0 spiro atoms. The normalized spacial score (nSPS) is 10.6. The van der Waals surface area contributed by atoms with Crippen molar-refractivity contribution < 1.29 is 9.21 Å². The van der Waals surface area contributed by atoms with Crippen LogP contribution in [0, 0.1) is 0 Å². The van der Waals surface area contributed by atoms with Gasteiger partial charge in [0.1, 0.15) is 0 Å². The van der Waals surface area contributed by atoms with E-state index in [1.165, 1.54) is 0 Å². The average Bonchev–Trinajstić information content (AvgIpc) is 3.00. The van der Waals surface area contributed by atoms with E-state index >= 15 is 0 Å². The lowest BCUT2D eigenvalue weighted by Crippen LogP contribution is -2.25. The van der Waals surface area contributed by atoms with Crippen LogP contribution in [0.3, 0.4) is 0 Å². The highest BCUT2D eigenvalue weighted by Crippen LogP contribution is 2.18. The molecule has 3 heteroatoms. The van der Waals surface area contributed by atoms with Gasteiger partial charge in [-0.3, -0.25) is 4.79 Å². The topological polar surface area (TPSA) is 42.2 Å². The van der Waals surface area contributed by atoms with Gasteiger partial charge in [-0.2, -0.15) is 0 Å². The summed E-state index contributed by atoms with van der Waals surface area (Å²) in [6.45, 7) is 0.599. The summed E-state index contributed by atoms with van der Waals surface area (Å²) in [7, 11) is 0. The molecule has 0 fully saturated rings. The molecule has 0 aliphatic rings. The standard InChI is InChI=1S/C17H15NO2/c19-17(18-10-8-13-9-11-20-12-13)16-7-3-5-14-4-1-2-6-15(14)16/h1-7,9,11-12H,8,10H2,(H,18,19). The van der Waals surface area contributed by atoms with Gasteiger partial charge < -0.3 is 9.73 Å².